The minimum atomic E-state index is -0.580. The summed E-state index contributed by atoms with van der Waals surface area (Å²) in [5, 5.41) is 11.0. The fourth-order valence-electron chi connectivity index (χ4n) is 5.09. The van der Waals surface area contributed by atoms with E-state index < -0.39 is 11.6 Å². The summed E-state index contributed by atoms with van der Waals surface area (Å²) in [5.74, 6) is 0.426. The molecule has 0 bridgehead atoms. The average Bonchev–Trinajstić information content (AvgIpc) is 3.49. The lowest BCUT2D eigenvalue weighted by Gasteiger charge is -2.31. The summed E-state index contributed by atoms with van der Waals surface area (Å²) >= 11 is 0. The smallest absolute Gasteiger partial charge is 0.344 e. The van der Waals surface area contributed by atoms with Crippen molar-refractivity contribution in [1.82, 2.24) is 4.90 Å². The van der Waals surface area contributed by atoms with Crippen molar-refractivity contribution in [2.45, 2.75) is 70.6 Å². The quantitative estimate of drug-likeness (QED) is 0.388. The minimum Gasteiger partial charge on any atom is -0.482 e. The van der Waals surface area contributed by atoms with E-state index in [0.717, 1.165) is 47.8 Å². The Hall–Kier alpha value is -3.32. The second-order valence-electron chi connectivity index (χ2n) is 11.0. The third-order valence-corrected chi connectivity index (χ3v) is 6.88. The first kappa shape index (κ1) is 26.7. The molecule has 3 atom stereocenters. The van der Waals surface area contributed by atoms with Crippen molar-refractivity contribution >= 4 is 22.8 Å². The van der Waals surface area contributed by atoms with Gasteiger partial charge in [0.15, 0.2) is 6.61 Å². The summed E-state index contributed by atoms with van der Waals surface area (Å²) in [7, 11) is 1.84. The standard InChI is InChI=1S/C30H37NO6/c1-30(2,3)37-29(34)19-36-24-9-5-8-22(17-24)26(16-20-11-12-23(32)15-20)31(4)28(33)18-21-7-6-10-27-25(21)13-14-35-27/h5-10,13-14,17,20,23,26,32H,11-12,15-16,18-19H2,1-4H3/t20?,23-,26-/m0/s1. The highest BCUT2D eigenvalue weighted by Gasteiger charge is 2.30. The van der Waals surface area contributed by atoms with Gasteiger partial charge in [0.05, 0.1) is 24.8 Å². The minimum absolute atomic E-state index is 0.00248. The maximum Gasteiger partial charge on any atom is 0.344 e. The van der Waals surface area contributed by atoms with Gasteiger partial charge in [0, 0.05) is 12.4 Å². The second-order valence-corrected chi connectivity index (χ2v) is 11.0. The van der Waals surface area contributed by atoms with Crippen molar-refractivity contribution in [2.75, 3.05) is 13.7 Å². The van der Waals surface area contributed by atoms with Crippen LogP contribution in [0.4, 0.5) is 0 Å². The Labute approximate surface area is 218 Å². The van der Waals surface area contributed by atoms with Crippen molar-refractivity contribution in [2.24, 2.45) is 5.92 Å². The van der Waals surface area contributed by atoms with Crippen LogP contribution in [0.2, 0.25) is 0 Å². The van der Waals surface area contributed by atoms with E-state index in [0.29, 0.717) is 11.7 Å². The molecule has 0 radical (unpaired) electrons. The number of ether oxygens (including phenoxy) is 2. The van der Waals surface area contributed by atoms with E-state index in [1.807, 2.05) is 70.3 Å². The Balaban J connectivity index is 1.52. The van der Waals surface area contributed by atoms with Gasteiger partial charge in [-0.2, -0.15) is 0 Å². The van der Waals surface area contributed by atoms with Crippen molar-refractivity contribution in [1.29, 1.82) is 0 Å². The fourth-order valence-corrected chi connectivity index (χ4v) is 5.09. The van der Waals surface area contributed by atoms with E-state index in [2.05, 4.69) is 0 Å². The van der Waals surface area contributed by atoms with Gasteiger partial charge in [-0.25, -0.2) is 4.79 Å². The number of carbonyl (C=O) groups excluding carboxylic acids is 2. The summed E-state index contributed by atoms with van der Waals surface area (Å²) in [6.07, 6.45) is 4.81. The van der Waals surface area contributed by atoms with Crippen LogP contribution in [-0.2, 0) is 20.7 Å². The highest BCUT2D eigenvalue weighted by Crippen LogP contribution is 2.37. The third kappa shape index (κ3) is 7.13. The number of benzene rings is 2. The van der Waals surface area contributed by atoms with Gasteiger partial charge in [-0.3, -0.25) is 4.79 Å². The molecule has 1 fully saturated rings. The van der Waals surface area contributed by atoms with Crippen molar-refractivity contribution in [3.05, 3.63) is 65.9 Å². The van der Waals surface area contributed by atoms with Crippen molar-refractivity contribution in [3.63, 3.8) is 0 Å². The number of nitrogens with zero attached hydrogens (tertiary/aromatic N) is 1. The number of amides is 1. The number of rotatable bonds is 9. The van der Waals surface area contributed by atoms with Crippen LogP contribution in [-0.4, -0.2) is 47.2 Å². The summed E-state index contributed by atoms with van der Waals surface area (Å²) in [6, 6.07) is 15.0. The zero-order valence-corrected chi connectivity index (χ0v) is 22.1. The lowest BCUT2D eigenvalue weighted by molar-refractivity contribution is -0.157. The van der Waals surface area contributed by atoms with Gasteiger partial charge >= 0.3 is 5.97 Å². The molecular weight excluding hydrogens is 470 g/mol. The number of aliphatic hydroxyl groups is 1. The maximum atomic E-state index is 13.5. The molecule has 1 N–H and O–H groups in total. The fraction of sp³-hybridized carbons (Fsp3) is 0.467. The van der Waals surface area contributed by atoms with Gasteiger partial charge in [0.1, 0.15) is 16.9 Å². The second kappa shape index (κ2) is 11.4. The number of fused-ring (bicyclic) bond motifs is 1. The highest BCUT2D eigenvalue weighted by molar-refractivity contribution is 5.87. The molecule has 2 aromatic carbocycles. The van der Waals surface area contributed by atoms with E-state index in [-0.39, 0.29) is 31.1 Å². The van der Waals surface area contributed by atoms with Gasteiger partial charge in [0.25, 0.3) is 0 Å². The highest BCUT2D eigenvalue weighted by atomic mass is 16.6. The molecule has 1 aromatic heterocycles. The Morgan fingerprint density at radius 3 is 2.65 bits per heavy atom. The Morgan fingerprint density at radius 1 is 1.14 bits per heavy atom. The number of hydrogen-bond acceptors (Lipinski definition) is 6. The molecule has 0 aliphatic heterocycles. The van der Waals surface area contributed by atoms with E-state index in [1.165, 1.54) is 0 Å². The molecule has 7 nitrogen and oxygen atoms in total. The van der Waals surface area contributed by atoms with Crippen molar-refractivity contribution < 1.29 is 28.6 Å². The number of hydrogen-bond donors (Lipinski definition) is 1. The largest absolute Gasteiger partial charge is 0.482 e. The third-order valence-electron chi connectivity index (χ3n) is 6.88. The topological polar surface area (TPSA) is 89.2 Å². The Morgan fingerprint density at radius 2 is 1.92 bits per heavy atom. The first-order valence-corrected chi connectivity index (χ1v) is 12.9. The molecule has 37 heavy (non-hydrogen) atoms. The van der Waals surface area contributed by atoms with Crippen LogP contribution in [0.15, 0.2) is 59.2 Å². The molecule has 1 aliphatic rings. The Bertz CT molecular complexity index is 1230. The average molecular weight is 508 g/mol. The SMILES string of the molecule is CN(C(=O)Cc1cccc2occc12)[C@@H](CC1CC[C@H](O)C1)c1cccc(OCC(=O)OC(C)(C)C)c1. The van der Waals surface area contributed by atoms with E-state index in [9.17, 15) is 14.7 Å². The van der Waals surface area contributed by atoms with Crippen LogP contribution in [0.25, 0.3) is 11.0 Å². The van der Waals surface area contributed by atoms with Gasteiger partial charge in [-0.1, -0.05) is 24.3 Å². The van der Waals surface area contributed by atoms with Crippen LogP contribution in [0, 0.1) is 5.92 Å². The molecule has 1 aliphatic carbocycles. The first-order valence-electron chi connectivity index (χ1n) is 12.9. The van der Waals surface area contributed by atoms with E-state index in [4.69, 9.17) is 13.9 Å². The van der Waals surface area contributed by atoms with Crippen LogP contribution >= 0.6 is 0 Å². The molecule has 4 rings (SSSR count). The summed E-state index contributed by atoms with van der Waals surface area (Å²) in [6.45, 7) is 5.26. The number of esters is 1. The van der Waals surface area contributed by atoms with Gasteiger partial charge < -0.3 is 23.9 Å². The zero-order chi connectivity index (χ0) is 26.6. The predicted molar refractivity (Wildman–Crippen MR) is 141 cm³/mol. The maximum absolute atomic E-state index is 13.5. The van der Waals surface area contributed by atoms with Crippen LogP contribution in [0.1, 0.15) is 63.6 Å². The van der Waals surface area contributed by atoms with E-state index >= 15 is 0 Å². The molecule has 1 amide bonds. The molecule has 198 valence electrons. The number of aliphatic hydroxyl groups excluding tert-OH is 1. The molecule has 1 saturated carbocycles. The van der Waals surface area contributed by atoms with E-state index in [1.54, 1.807) is 17.2 Å². The molecule has 0 spiro atoms. The number of furan rings is 1. The Kier molecular flexibility index (Phi) is 8.22. The van der Waals surface area contributed by atoms with Gasteiger partial charge in [0.2, 0.25) is 5.91 Å². The predicted octanol–water partition coefficient (Wildman–Crippen LogP) is 5.45. The van der Waals surface area contributed by atoms with Crippen LogP contribution in [0.3, 0.4) is 0 Å². The molecule has 1 unspecified atom stereocenters. The van der Waals surface area contributed by atoms with Gasteiger partial charge in [-0.05, 0) is 87.8 Å². The monoisotopic (exact) mass is 507 g/mol. The molecule has 3 aromatic rings. The first-order chi connectivity index (χ1) is 17.6. The molecular formula is C30H37NO6. The normalized spacial score (nSPS) is 18.5. The van der Waals surface area contributed by atoms with Crippen molar-refractivity contribution in [3.8, 4) is 5.75 Å². The summed E-state index contributed by atoms with van der Waals surface area (Å²) in [4.78, 5) is 27.4. The zero-order valence-electron chi connectivity index (χ0n) is 22.1. The lowest BCUT2D eigenvalue weighted by Crippen LogP contribution is -2.33. The molecule has 1 heterocycles. The molecule has 0 saturated heterocycles. The van der Waals surface area contributed by atoms with Crippen LogP contribution in [0.5, 0.6) is 5.75 Å². The van der Waals surface area contributed by atoms with Crippen LogP contribution < -0.4 is 4.74 Å². The lowest BCUT2D eigenvalue weighted by atomic mass is 9.92. The summed E-state index contributed by atoms with van der Waals surface area (Å²) < 4.78 is 16.6. The van der Waals surface area contributed by atoms with Gasteiger partial charge in [-0.15, -0.1) is 0 Å². The number of likely N-dealkylation sites (N-methyl/N-ethyl adjacent to an activating group) is 1. The number of carbonyl (C=O) groups is 2. The molecule has 7 heteroatoms. The summed E-state index contributed by atoms with van der Waals surface area (Å²) in [5.41, 5.74) is 2.04.